The number of nitrogens with zero attached hydrogens (tertiary/aromatic N) is 1. The number of benzene rings is 1. The fraction of sp³-hybridized carbons (Fsp3) is 0.167. The average molecular weight is 233 g/mol. The Bertz CT molecular complexity index is 652. The van der Waals surface area contributed by atoms with Crippen LogP contribution in [0.1, 0.15) is 11.1 Å². The number of fused-ring (bicyclic) bond motifs is 1. The summed E-state index contributed by atoms with van der Waals surface area (Å²) in [5.74, 6) is 0. The maximum atomic E-state index is 11.6. The zero-order valence-electron chi connectivity index (χ0n) is 8.67. The van der Waals surface area contributed by atoms with Crippen molar-refractivity contribution in [2.45, 2.75) is 13.3 Å². The van der Waals surface area contributed by atoms with Crippen molar-refractivity contribution in [1.82, 2.24) is 4.98 Å². The van der Waals surface area contributed by atoms with Gasteiger partial charge in [-0.15, -0.1) is 0 Å². The molecule has 0 aliphatic heterocycles. The lowest BCUT2D eigenvalue weighted by Gasteiger charge is -2.03. The lowest BCUT2D eigenvalue weighted by molar-refractivity contribution is 1.16. The number of aromatic nitrogens is 1. The van der Waals surface area contributed by atoms with Gasteiger partial charge in [0.1, 0.15) is 0 Å². The van der Waals surface area contributed by atoms with Gasteiger partial charge < -0.3 is 4.98 Å². The number of hydrogen-bond acceptors (Lipinski definition) is 2. The van der Waals surface area contributed by atoms with Gasteiger partial charge in [0.2, 0.25) is 0 Å². The van der Waals surface area contributed by atoms with Crippen molar-refractivity contribution in [3.63, 3.8) is 0 Å². The third kappa shape index (κ3) is 1.80. The first-order chi connectivity index (χ1) is 7.61. The SMILES string of the molecule is Cc1cc2[nH]c(=O)c(CC#N)cc2cc1Cl. The summed E-state index contributed by atoms with van der Waals surface area (Å²) in [6.07, 6.45) is 0.108. The van der Waals surface area contributed by atoms with Crippen LogP contribution in [0.15, 0.2) is 23.0 Å². The number of pyridine rings is 1. The van der Waals surface area contributed by atoms with Crippen LogP contribution in [0.4, 0.5) is 0 Å². The second-order valence-electron chi connectivity index (χ2n) is 3.65. The van der Waals surface area contributed by atoms with E-state index >= 15 is 0 Å². The highest BCUT2D eigenvalue weighted by atomic mass is 35.5. The number of halogens is 1. The molecule has 0 atom stereocenters. The van der Waals surface area contributed by atoms with Crippen LogP contribution in [0.25, 0.3) is 10.9 Å². The Labute approximate surface area is 97.3 Å². The van der Waals surface area contributed by atoms with Gasteiger partial charge in [-0.25, -0.2) is 0 Å². The number of rotatable bonds is 1. The molecule has 0 bridgehead atoms. The van der Waals surface area contributed by atoms with Gasteiger partial charge >= 0.3 is 0 Å². The first kappa shape index (κ1) is 10.7. The van der Waals surface area contributed by atoms with E-state index in [0.717, 1.165) is 16.5 Å². The summed E-state index contributed by atoms with van der Waals surface area (Å²) in [6.45, 7) is 1.88. The molecule has 1 heterocycles. The zero-order valence-corrected chi connectivity index (χ0v) is 9.43. The van der Waals surface area contributed by atoms with Crippen LogP contribution < -0.4 is 5.56 Å². The van der Waals surface area contributed by atoms with Gasteiger partial charge in [0.05, 0.1) is 12.5 Å². The summed E-state index contributed by atoms with van der Waals surface area (Å²) >= 11 is 6.00. The van der Waals surface area contributed by atoms with E-state index in [1.54, 1.807) is 12.1 Å². The van der Waals surface area contributed by atoms with Crippen molar-refractivity contribution in [3.8, 4) is 6.07 Å². The molecule has 1 aromatic carbocycles. The molecule has 0 spiro atoms. The summed E-state index contributed by atoms with van der Waals surface area (Å²) in [7, 11) is 0. The molecule has 0 unspecified atom stereocenters. The number of H-pyrrole nitrogens is 1. The highest BCUT2D eigenvalue weighted by molar-refractivity contribution is 6.32. The normalized spacial score (nSPS) is 10.3. The van der Waals surface area contributed by atoms with Gasteiger partial charge in [-0.1, -0.05) is 11.6 Å². The fourth-order valence-corrected chi connectivity index (χ4v) is 1.77. The molecule has 0 amide bonds. The van der Waals surface area contributed by atoms with E-state index in [-0.39, 0.29) is 12.0 Å². The second-order valence-corrected chi connectivity index (χ2v) is 4.05. The van der Waals surface area contributed by atoms with Crippen LogP contribution in [0.5, 0.6) is 0 Å². The Balaban J connectivity index is 2.76. The standard InChI is InChI=1S/C12H9ClN2O/c1-7-4-11-9(6-10(7)13)5-8(2-3-14)12(16)15-11/h4-6H,2H2,1H3,(H,15,16). The molecule has 16 heavy (non-hydrogen) atoms. The van der Waals surface area contributed by atoms with Crippen LogP contribution in [-0.2, 0) is 6.42 Å². The Morgan fingerprint density at radius 2 is 2.19 bits per heavy atom. The number of nitriles is 1. The number of aryl methyl sites for hydroxylation is 1. The summed E-state index contributed by atoms with van der Waals surface area (Å²) in [6, 6.07) is 7.30. The van der Waals surface area contributed by atoms with Crippen molar-refractivity contribution >= 4 is 22.5 Å². The Kier molecular flexibility index (Phi) is 2.67. The summed E-state index contributed by atoms with van der Waals surface area (Å²) < 4.78 is 0. The lowest BCUT2D eigenvalue weighted by atomic mass is 10.1. The summed E-state index contributed by atoms with van der Waals surface area (Å²) in [5, 5.41) is 10.1. The molecular formula is C12H9ClN2O. The highest BCUT2D eigenvalue weighted by Gasteiger charge is 2.04. The zero-order chi connectivity index (χ0) is 11.7. The van der Waals surface area contributed by atoms with E-state index in [2.05, 4.69) is 4.98 Å². The first-order valence-corrected chi connectivity index (χ1v) is 5.18. The molecule has 1 N–H and O–H groups in total. The van der Waals surface area contributed by atoms with Gasteiger partial charge in [-0.05, 0) is 30.7 Å². The molecule has 0 saturated carbocycles. The van der Waals surface area contributed by atoms with Crippen molar-refractivity contribution in [2.75, 3.05) is 0 Å². The molecule has 0 fully saturated rings. The Morgan fingerprint density at radius 1 is 1.44 bits per heavy atom. The van der Waals surface area contributed by atoms with E-state index in [1.165, 1.54) is 0 Å². The van der Waals surface area contributed by atoms with Crippen molar-refractivity contribution < 1.29 is 0 Å². The molecule has 3 nitrogen and oxygen atoms in total. The number of nitrogens with one attached hydrogen (secondary N) is 1. The monoisotopic (exact) mass is 232 g/mol. The van der Waals surface area contributed by atoms with Crippen LogP contribution in [0.2, 0.25) is 5.02 Å². The van der Waals surface area contributed by atoms with E-state index in [9.17, 15) is 4.79 Å². The molecule has 4 heteroatoms. The third-order valence-electron chi connectivity index (χ3n) is 2.47. The molecule has 1 aromatic heterocycles. The topological polar surface area (TPSA) is 56.6 Å². The quantitative estimate of drug-likeness (QED) is 0.822. The minimum atomic E-state index is -0.212. The molecule has 2 aromatic rings. The van der Waals surface area contributed by atoms with Gasteiger partial charge in [0.25, 0.3) is 5.56 Å². The molecule has 80 valence electrons. The van der Waals surface area contributed by atoms with E-state index in [1.807, 2.05) is 19.1 Å². The van der Waals surface area contributed by atoms with Gasteiger partial charge in [0, 0.05) is 21.5 Å². The van der Waals surface area contributed by atoms with Crippen molar-refractivity contribution in [3.05, 3.63) is 44.7 Å². The number of hydrogen-bond donors (Lipinski definition) is 1. The molecule has 0 radical (unpaired) electrons. The minimum Gasteiger partial charge on any atom is -0.322 e. The second kappa shape index (κ2) is 3.99. The highest BCUT2D eigenvalue weighted by Crippen LogP contribution is 2.21. The summed E-state index contributed by atoms with van der Waals surface area (Å²) in [4.78, 5) is 14.3. The maximum absolute atomic E-state index is 11.6. The predicted molar refractivity (Wildman–Crippen MR) is 63.6 cm³/mol. The molecular weight excluding hydrogens is 224 g/mol. The van der Waals surface area contributed by atoms with E-state index in [4.69, 9.17) is 16.9 Å². The van der Waals surface area contributed by atoms with Gasteiger partial charge in [-0.2, -0.15) is 5.26 Å². The molecule has 0 saturated heterocycles. The smallest absolute Gasteiger partial charge is 0.252 e. The van der Waals surface area contributed by atoms with Crippen molar-refractivity contribution in [1.29, 1.82) is 5.26 Å². The molecule has 2 rings (SSSR count). The molecule has 0 aliphatic rings. The van der Waals surface area contributed by atoms with Crippen LogP contribution in [-0.4, -0.2) is 4.98 Å². The van der Waals surface area contributed by atoms with Crippen LogP contribution >= 0.6 is 11.6 Å². The largest absolute Gasteiger partial charge is 0.322 e. The maximum Gasteiger partial charge on any atom is 0.252 e. The Hall–Kier alpha value is -1.79. The lowest BCUT2D eigenvalue weighted by Crippen LogP contribution is -2.11. The first-order valence-electron chi connectivity index (χ1n) is 4.81. The van der Waals surface area contributed by atoms with Gasteiger partial charge in [-0.3, -0.25) is 4.79 Å². The third-order valence-corrected chi connectivity index (χ3v) is 2.88. The molecule has 0 aliphatic carbocycles. The van der Waals surface area contributed by atoms with Crippen LogP contribution in [0, 0.1) is 18.3 Å². The minimum absolute atomic E-state index is 0.108. The predicted octanol–water partition coefficient (Wildman–Crippen LogP) is 2.56. The average Bonchev–Trinajstić information content (AvgIpc) is 2.23. The van der Waals surface area contributed by atoms with E-state index < -0.39 is 0 Å². The van der Waals surface area contributed by atoms with E-state index in [0.29, 0.717) is 10.6 Å². The van der Waals surface area contributed by atoms with Crippen molar-refractivity contribution in [2.24, 2.45) is 0 Å². The Morgan fingerprint density at radius 3 is 2.88 bits per heavy atom. The summed E-state index contributed by atoms with van der Waals surface area (Å²) in [5.41, 5.74) is 1.91. The fourth-order valence-electron chi connectivity index (χ4n) is 1.60. The van der Waals surface area contributed by atoms with Gasteiger partial charge in [0.15, 0.2) is 0 Å². The number of aromatic amines is 1. The van der Waals surface area contributed by atoms with Crippen LogP contribution in [0.3, 0.4) is 0 Å².